The van der Waals surface area contributed by atoms with Crippen molar-refractivity contribution in [2.45, 2.75) is 46.6 Å². The Kier molecular flexibility index (Phi) is 6.78. The first kappa shape index (κ1) is 18.0. The third kappa shape index (κ3) is 5.37. The Hall–Kier alpha value is -2.37. The van der Waals surface area contributed by atoms with Crippen molar-refractivity contribution >= 4 is 5.96 Å². The number of hydrogen-bond donors (Lipinski definition) is 2. The minimum absolute atomic E-state index is 0.362. The van der Waals surface area contributed by atoms with Gasteiger partial charge >= 0.3 is 0 Å². The molecule has 2 aromatic heterocycles. The Bertz CT molecular complexity index is 663. The first-order valence-corrected chi connectivity index (χ1v) is 8.47. The van der Waals surface area contributed by atoms with Crippen molar-refractivity contribution in [3.8, 4) is 0 Å². The first-order valence-electron chi connectivity index (χ1n) is 8.47. The number of pyridine rings is 1. The largest absolute Gasteiger partial charge is 0.359 e. The fourth-order valence-electron chi connectivity index (χ4n) is 2.27. The smallest absolute Gasteiger partial charge is 0.191 e. The van der Waals surface area contributed by atoms with Crippen LogP contribution in [0.15, 0.2) is 34.0 Å². The number of guanidine groups is 1. The van der Waals surface area contributed by atoms with Gasteiger partial charge in [-0.25, -0.2) is 4.99 Å². The molecule has 0 saturated heterocycles. The highest BCUT2D eigenvalue weighted by Gasteiger charge is 2.07. The van der Waals surface area contributed by atoms with Crippen LogP contribution in [0.3, 0.4) is 0 Å². The average molecular weight is 329 g/mol. The van der Waals surface area contributed by atoms with Gasteiger partial charge in [0, 0.05) is 31.5 Å². The van der Waals surface area contributed by atoms with Gasteiger partial charge in [0.25, 0.3) is 0 Å². The third-order valence-corrected chi connectivity index (χ3v) is 3.73. The molecule has 6 nitrogen and oxygen atoms in total. The predicted molar refractivity (Wildman–Crippen MR) is 96.1 cm³/mol. The minimum atomic E-state index is 0.362. The number of aliphatic imine (C=N–C) groups is 1. The lowest BCUT2D eigenvalue weighted by molar-refractivity contribution is 0.376. The van der Waals surface area contributed by atoms with Crippen molar-refractivity contribution in [1.82, 2.24) is 20.8 Å². The number of aromatic nitrogens is 2. The summed E-state index contributed by atoms with van der Waals surface area (Å²) in [6.45, 7) is 10.4. The fraction of sp³-hybridized carbons (Fsp3) is 0.500. The van der Waals surface area contributed by atoms with Crippen LogP contribution in [0.5, 0.6) is 0 Å². The molecule has 130 valence electrons. The van der Waals surface area contributed by atoms with E-state index in [4.69, 9.17) is 4.52 Å². The van der Waals surface area contributed by atoms with Gasteiger partial charge in [-0.05, 0) is 43.4 Å². The molecule has 0 aromatic carbocycles. The van der Waals surface area contributed by atoms with E-state index in [0.29, 0.717) is 12.5 Å². The monoisotopic (exact) mass is 329 g/mol. The van der Waals surface area contributed by atoms with E-state index in [1.54, 1.807) is 0 Å². The number of nitrogens with zero attached hydrogens (tertiary/aromatic N) is 3. The summed E-state index contributed by atoms with van der Waals surface area (Å²) in [7, 11) is 0. The molecule has 6 heteroatoms. The number of rotatable bonds is 7. The molecule has 0 bridgehead atoms. The lowest BCUT2D eigenvalue weighted by Gasteiger charge is -2.11. The molecule has 2 rings (SSSR count). The van der Waals surface area contributed by atoms with Gasteiger partial charge in [-0.1, -0.05) is 19.0 Å². The first-order chi connectivity index (χ1) is 11.6. The highest BCUT2D eigenvalue weighted by molar-refractivity contribution is 5.79. The molecule has 24 heavy (non-hydrogen) atoms. The third-order valence-electron chi connectivity index (χ3n) is 3.73. The van der Waals surface area contributed by atoms with Crippen LogP contribution < -0.4 is 10.6 Å². The maximum Gasteiger partial charge on any atom is 0.191 e. The summed E-state index contributed by atoms with van der Waals surface area (Å²) < 4.78 is 5.32. The lowest BCUT2D eigenvalue weighted by Crippen LogP contribution is -2.38. The van der Waals surface area contributed by atoms with E-state index in [-0.39, 0.29) is 0 Å². The topological polar surface area (TPSA) is 75.3 Å². The molecular formula is C18H27N5O. The van der Waals surface area contributed by atoms with Crippen molar-refractivity contribution in [1.29, 1.82) is 0 Å². The molecule has 0 spiro atoms. The normalized spacial score (nSPS) is 11.8. The van der Waals surface area contributed by atoms with Crippen LogP contribution in [0, 0.1) is 6.92 Å². The van der Waals surface area contributed by atoms with Crippen LogP contribution in [-0.4, -0.2) is 29.2 Å². The van der Waals surface area contributed by atoms with Crippen LogP contribution in [0.25, 0.3) is 0 Å². The fourth-order valence-corrected chi connectivity index (χ4v) is 2.27. The SMILES string of the molecule is CCNC(=NCc1cc(C(C)C)no1)NCCc1ccncc1C. The molecule has 2 heterocycles. The van der Waals surface area contributed by atoms with Crippen LogP contribution >= 0.6 is 0 Å². The Balaban J connectivity index is 1.89. The zero-order chi connectivity index (χ0) is 17.4. The summed E-state index contributed by atoms with van der Waals surface area (Å²) in [5.74, 6) is 1.93. The Morgan fingerprint density at radius 3 is 2.83 bits per heavy atom. The van der Waals surface area contributed by atoms with Gasteiger partial charge in [0.1, 0.15) is 6.54 Å². The van der Waals surface area contributed by atoms with Crippen LogP contribution in [0.4, 0.5) is 0 Å². The molecule has 0 amide bonds. The maximum atomic E-state index is 5.32. The van der Waals surface area contributed by atoms with Crippen molar-refractivity contribution in [3.63, 3.8) is 0 Å². The van der Waals surface area contributed by atoms with Gasteiger partial charge in [0.15, 0.2) is 11.7 Å². The van der Waals surface area contributed by atoms with E-state index in [1.165, 1.54) is 11.1 Å². The van der Waals surface area contributed by atoms with E-state index in [0.717, 1.165) is 36.9 Å². The summed E-state index contributed by atoms with van der Waals surface area (Å²) in [4.78, 5) is 8.68. The second-order valence-electron chi connectivity index (χ2n) is 6.05. The highest BCUT2D eigenvalue weighted by Crippen LogP contribution is 2.14. The van der Waals surface area contributed by atoms with Crippen LogP contribution in [0.1, 0.15) is 49.3 Å². The van der Waals surface area contributed by atoms with Gasteiger partial charge in [-0.15, -0.1) is 0 Å². The maximum absolute atomic E-state index is 5.32. The molecule has 0 aliphatic carbocycles. The Labute approximate surface area is 143 Å². The predicted octanol–water partition coefficient (Wildman–Crippen LogP) is 2.80. The number of hydrogen-bond acceptors (Lipinski definition) is 4. The van der Waals surface area contributed by atoms with E-state index < -0.39 is 0 Å². The van der Waals surface area contributed by atoms with Crippen molar-refractivity contribution in [2.75, 3.05) is 13.1 Å². The molecule has 2 N–H and O–H groups in total. The Morgan fingerprint density at radius 1 is 1.33 bits per heavy atom. The summed E-state index contributed by atoms with van der Waals surface area (Å²) in [6, 6.07) is 4.03. The molecular weight excluding hydrogens is 302 g/mol. The zero-order valence-corrected chi connectivity index (χ0v) is 15.0. The summed E-state index contributed by atoms with van der Waals surface area (Å²) in [5, 5.41) is 10.7. The van der Waals surface area contributed by atoms with E-state index >= 15 is 0 Å². The Morgan fingerprint density at radius 2 is 2.17 bits per heavy atom. The van der Waals surface area contributed by atoms with Gasteiger partial charge in [0.2, 0.25) is 0 Å². The summed E-state index contributed by atoms with van der Waals surface area (Å²) in [5.41, 5.74) is 3.47. The molecule has 0 saturated carbocycles. The van der Waals surface area contributed by atoms with Gasteiger partial charge < -0.3 is 15.2 Å². The zero-order valence-electron chi connectivity index (χ0n) is 15.0. The van der Waals surface area contributed by atoms with Crippen molar-refractivity contribution in [3.05, 3.63) is 47.1 Å². The second-order valence-corrected chi connectivity index (χ2v) is 6.05. The quantitative estimate of drug-likeness (QED) is 0.603. The van der Waals surface area contributed by atoms with Gasteiger partial charge in [-0.3, -0.25) is 4.98 Å². The summed E-state index contributed by atoms with van der Waals surface area (Å²) in [6.07, 6.45) is 4.65. The van der Waals surface area contributed by atoms with Crippen LogP contribution in [0.2, 0.25) is 0 Å². The molecule has 0 aliphatic rings. The van der Waals surface area contributed by atoms with E-state index in [1.807, 2.05) is 18.5 Å². The van der Waals surface area contributed by atoms with Crippen LogP contribution in [-0.2, 0) is 13.0 Å². The number of nitrogens with one attached hydrogen (secondary N) is 2. The lowest BCUT2D eigenvalue weighted by atomic mass is 10.1. The minimum Gasteiger partial charge on any atom is -0.359 e. The van der Waals surface area contributed by atoms with Crippen molar-refractivity contribution in [2.24, 2.45) is 4.99 Å². The molecule has 0 unspecified atom stereocenters. The molecule has 0 atom stereocenters. The standard InChI is InChI=1S/C18H27N5O/c1-5-20-18(21-9-7-15-6-8-19-11-14(15)4)22-12-16-10-17(13(2)3)23-24-16/h6,8,10-11,13H,5,7,9,12H2,1-4H3,(H2,20,21,22). The molecule has 0 radical (unpaired) electrons. The summed E-state index contributed by atoms with van der Waals surface area (Å²) >= 11 is 0. The molecule has 2 aromatic rings. The molecule has 0 aliphatic heterocycles. The van der Waals surface area contributed by atoms with E-state index in [9.17, 15) is 0 Å². The molecule has 0 fully saturated rings. The average Bonchev–Trinajstić information content (AvgIpc) is 3.03. The second kappa shape index (κ2) is 9.05. The van der Waals surface area contributed by atoms with Gasteiger partial charge in [0.05, 0.1) is 5.69 Å². The number of aryl methyl sites for hydroxylation is 1. The highest BCUT2D eigenvalue weighted by atomic mass is 16.5. The van der Waals surface area contributed by atoms with Crippen molar-refractivity contribution < 1.29 is 4.52 Å². The van der Waals surface area contributed by atoms with Gasteiger partial charge in [-0.2, -0.15) is 0 Å². The van der Waals surface area contributed by atoms with E-state index in [2.05, 4.69) is 59.5 Å².